The highest BCUT2D eigenvalue weighted by atomic mass is 15.2. The van der Waals surface area contributed by atoms with E-state index in [1.54, 1.807) is 0 Å². The fraction of sp³-hybridized carbons (Fsp3) is 1.00. The smallest absolute Gasteiger partial charge is 0.0329 e. The summed E-state index contributed by atoms with van der Waals surface area (Å²) in [6, 6.07) is 0.331. The van der Waals surface area contributed by atoms with Crippen LogP contribution in [-0.4, -0.2) is 29.6 Å². The fourth-order valence-corrected chi connectivity index (χ4v) is 2.77. The number of likely N-dealkylation sites (tertiary alicyclic amines) is 1. The molecule has 0 aromatic rings. The molecule has 1 aliphatic heterocycles. The second kappa shape index (κ2) is 6.02. The molecule has 0 aliphatic carbocycles. The molecular formula is C14H30N2. The summed E-state index contributed by atoms with van der Waals surface area (Å²) in [7, 11) is 0. The van der Waals surface area contributed by atoms with Crippen LogP contribution in [0, 0.1) is 5.92 Å². The lowest BCUT2D eigenvalue weighted by Gasteiger charge is -2.43. The van der Waals surface area contributed by atoms with Crippen LogP contribution in [0.2, 0.25) is 0 Å². The van der Waals surface area contributed by atoms with Crippen molar-refractivity contribution in [3.05, 3.63) is 0 Å². The van der Waals surface area contributed by atoms with Gasteiger partial charge in [0.15, 0.2) is 0 Å². The number of nitrogens with two attached hydrogens (primary N) is 1. The number of nitrogens with zero attached hydrogens (tertiary/aromatic N) is 1. The third-order valence-electron chi connectivity index (χ3n) is 4.40. The van der Waals surface area contributed by atoms with E-state index in [0.29, 0.717) is 6.04 Å². The maximum Gasteiger partial charge on any atom is 0.0329 e. The molecule has 2 unspecified atom stereocenters. The van der Waals surface area contributed by atoms with Gasteiger partial charge in [-0.25, -0.2) is 0 Å². The van der Waals surface area contributed by atoms with Crippen molar-refractivity contribution >= 4 is 0 Å². The number of rotatable bonds is 6. The van der Waals surface area contributed by atoms with Gasteiger partial charge < -0.3 is 5.73 Å². The van der Waals surface area contributed by atoms with Crippen molar-refractivity contribution in [1.29, 1.82) is 0 Å². The molecule has 1 saturated heterocycles. The predicted octanol–water partition coefficient (Wildman–Crippen LogP) is 3.01. The summed E-state index contributed by atoms with van der Waals surface area (Å²) in [5.41, 5.74) is 6.68. The summed E-state index contributed by atoms with van der Waals surface area (Å²) in [5.74, 6) is 0.769. The first-order valence-electron chi connectivity index (χ1n) is 7.01. The van der Waals surface area contributed by atoms with E-state index in [1.807, 2.05) is 0 Å². The second-order valence-corrected chi connectivity index (χ2v) is 5.98. The van der Waals surface area contributed by atoms with Crippen LogP contribution >= 0.6 is 0 Å². The van der Waals surface area contributed by atoms with E-state index < -0.39 is 0 Å². The van der Waals surface area contributed by atoms with E-state index in [0.717, 1.165) is 5.92 Å². The van der Waals surface area contributed by atoms with E-state index in [9.17, 15) is 0 Å². The molecule has 2 atom stereocenters. The summed E-state index contributed by atoms with van der Waals surface area (Å²) in [6.45, 7) is 11.7. The maximum atomic E-state index is 6.45. The molecule has 0 spiro atoms. The molecule has 1 rings (SSSR count). The highest BCUT2D eigenvalue weighted by molar-refractivity contribution is 4.96. The Morgan fingerprint density at radius 1 is 1.19 bits per heavy atom. The Balaban J connectivity index is 2.55. The Labute approximate surface area is 102 Å². The average molecular weight is 226 g/mol. The van der Waals surface area contributed by atoms with E-state index in [1.165, 1.54) is 45.2 Å². The Kier molecular flexibility index (Phi) is 5.26. The molecule has 1 aliphatic rings. The van der Waals surface area contributed by atoms with Crippen molar-refractivity contribution in [1.82, 2.24) is 4.90 Å². The summed E-state index contributed by atoms with van der Waals surface area (Å²) in [6.07, 6.45) is 6.30. The van der Waals surface area contributed by atoms with Gasteiger partial charge in [-0.1, -0.05) is 20.8 Å². The van der Waals surface area contributed by atoms with E-state index in [-0.39, 0.29) is 5.54 Å². The number of hydrogen-bond donors (Lipinski definition) is 1. The zero-order valence-electron chi connectivity index (χ0n) is 11.6. The van der Waals surface area contributed by atoms with Gasteiger partial charge in [-0.15, -0.1) is 0 Å². The van der Waals surface area contributed by atoms with Gasteiger partial charge in [-0.05, 0) is 58.0 Å². The van der Waals surface area contributed by atoms with Crippen molar-refractivity contribution in [3.63, 3.8) is 0 Å². The number of hydrogen-bond acceptors (Lipinski definition) is 2. The summed E-state index contributed by atoms with van der Waals surface area (Å²) >= 11 is 0. The van der Waals surface area contributed by atoms with Gasteiger partial charge in [0.1, 0.15) is 0 Å². The minimum Gasteiger partial charge on any atom is -0.326 e. The van der Waals surface area contributed by atoms with Crippen LogP contribution in [-0.2, 0) is 0 Å². The Morgan fingerprint density at radius 2 is 1.75 bits per heavy atom. The normalized spacial score (nSPS) is 23.6. The van der Waals surface area contributed by atoms with E-state index in [2.05, 4.69) is 32.6 Å². The van der Waals surface area contributed by atoms with Gasteiger partial charge in [0.25, 0.3) is 0 Å². The Morgan fingerprint density at radius 3 is 2.19 bits per heavy atom. The van der Waals surface area contributed by atoms with Crippen molar-refractivity contribution in [2.24, 2.45) is 11.7 Å². The monoisotopic (exact) mass is 226 g/mol. The largest absolute Gasteiger partial charge is 0.326 e. The van der Waals surface area contributed by atoms with Crippen LogP contribution in [0.3, 0.4) is 0 Å². The maximum absolute atomic E-state index is 6.45. The van der Waals surface area contributed by atoms with Crippen molar-refractivity contribution < 1.29 is 0 Å². The quantitative estimate of drug-likeness (QED) is 0.754. The molecule has 96 valence electrons. The first-order chi connectivity index (χ1) is 7.50. The van der Waals surface area contributed by atoms with Gasteiger partial charge in [-0.2, -0.15) is 0 Å². The Bertz CT molecular complexity index is 197. The zero-order valence-corrected chi connectivity index (χ0v) is 11.6. The molecule has 1 heterocycles. The van der Waals surface area contributed by atoms with Crippen molar-refractivity contribution in [3.8, 4) is 0 Å². The highest BCUT2D eigenvalue weighted by Gasteiger charge is 2.37. The summed E-state index contributed by atoms with van der Waals surface area (Å²) in [5, 5.41) is 0. The lowest BCUT2D eigenvalue weighted by molar-refractivity contribution is 0.0942. The summed E-state index contributed by atoms with van der Waals surface area (Å²) in [4.78, 5) is 2.62. The van der Waals surface area contributed by atoms with Crippen LogP contribution in [0.5, 0.6) is 0 Å². The third-order valence-corrected chi connectivity index (χ3v) is 4.40. The molecule has 1 fully saturated rings. The molecule has 2 nitrogen and oxygen atoms in total. The molecule has 0 aromatic carbocycles. The molecule has 16 heavy (non-hydrogen) atoms. The standard InChI is InChI=1S/C14H30N2/c1-5-14(4,16-10-6-7-11-16)13(15)9-8-12(2)3/h12-13H,5-11,15H2,1-4H3. The van der Waals surface area contributed by atoms with Gasteiger partial charge in [0.05, 0.1) is 0 Å². The lowest BCUT2D eigenvalue weighted by Crippen LogP contribution is -2.56. The predicted molar refractivity (Wildman–Crippen MR) is 71.6 cm³/mol. The molecule has 0 bridgehead atoms. The van der Waals surface area contributed by atoms with Gasteiger partial charge in [0, 0.05) is 11.6 Å². The minimum atomic E-state index is 0.228. The fourth-order valence-electron chi connectivity index (χ4n) is 2.77. The van der Waals surface area contributed by atoms with Crippen LogP contribution in [0.25, 0.3) is 0 Å². The van der Waals surface area contributed by atoms with E-state index in [4.69, 9.17) is 5.73 Å². The lowest BCUT2D eigenvalue weighted by atomic mass is 9.84. The Hall–Kier alpha value is -0.0800. The van der Waals surface area contributed by atoms with Gasteiger partial charge in [-0.3, -0.25) is 4.90 Å². The van der Waals surface area contributed by atoms with Gasteiger partial charge in [0.2, 0.25) is 0 Å². The summed E-state index contributed by atoms with van der Waals surface area (Å²) < 4.78 is 0. The molecule has 0 amide bonds. The van der Waals surface area contributed by atoms with Crippen molar-refractivity contribution in [2.45, 2.75) is 71.4 Å². The van der Waals surface area contributed by atoms with Crippen LogP contribution in [0.4, 0.5) is 0 Å². The SMILES string of the molecule is CCC(C)(C(N)CCC(C)C)N1CCCC1. The van der Waals surface area contributed by atoms with Crippen molar-refractivity contribution in [2.75, 3.05) is 13.1 Å². The first kappa shape index (κ1) is 14.0. The molecule has 0 radical (unpaired) electrons. The zero-order chi connectivity index (χ0) is 12.2. The average Bonchev–Trinajstić information content (AvgIpc) is 2.78. The highest BCUT2D eigenvalue weighted by Crippen LogP contribution is 2.29. The minimum absolute atomic E-state index is 0.228. The molecular weight excluding hydrogens is 196 g/mol. The van der Waals surface area contributed by atoms with E-state index >= 15 is 0 Å². The second-order valence-electron chi connectivity index (χ2n) is 5.98. The molecule has 0 aromatic heterocycles. The molecule has 0 saturated carbocycles. The van der Waals surface area contributed by atoms with Crippen LogP contribution in [0.15, 0.2) is 0 Å². The van der Waals surface area contributed by atoms with Gasteiger partial charge >= 0.3 is 0 Å². The molecule has 2 heteroatoms. The third kappa shape index (κ3) is 3.21. The topological polar surface area (TPSA) is 29.3 Å². The van der Waals surface area contributed by atoms with Crippen LogP contribution in [0.1, 0.15) is 59.8 Å². The first-order valence-corrected chi connectivity index (χ1v) is 7.01. The molecule has 2 N–H and O–H groups in total. The van der Waals surface area contributed by atoms with Crippen LogP contribution < -0.4 is 5.73 Å².